The van der Waals surface area contributed by atoms with Crippen molar-refractivity contribution in [2.75, 3.05) is 26.1 Å². The van der Waals surface area contributed by atoms with Gasteiger partial charge in [0, 0.05) is 44.7 Å². The second-order valence-electron chi connectivity index (χ2n) is 18.4. The van der Waals surface area contributed by atoms with E-state index in [1.54, 1.807) is 19.1 Å². The van der Waals surface area contributed by atoms with E-state index in [-0.39, 0.29) is 42.2 Å². The van der Waals surface area contributed by atoms with Crippen LogP contribution in [0.4, 0.5) is 10.5 Å². The first-order chi connectivity index (χ1) is 28.4. The lowest BCUT2D eigenvalue weighted by Crippen LogP contribution is -2.67. The number of ketones is 1. The minimum Gasteiger partial charge on any atom is -0.497 e. The quantitative estimate of drug-likeness (QED) is 0.109. The van der Waals surface area contributed by atoms with Gasteiger partial charge in [-0.3, -0.25) is 4.79 Å². The summed E-state index contributed by atoms with van der Waals surface area (Å²) in [6, 6.07) is 32.7. The molecule has 0 saturated heterocycles. The number of para-hydroxylation sites is 1. The van der Waals surface area contributed by atoms with Crippen molar-refractivity contribution in [1.82, 2.24) is 4.90 Å². The lowest BCUT2D eigenvalue weighted by atomic mass is 9.32. The van der Waals surface area contributed by atoms with Gasteiger partial charge in [-0.05, 0) is 97.6 Å². The van der Waals surface area contributed by atoms with Crippen LogP contribution in [0.3, 0.4) is 0 Å². The first-order valence-corrected chi connectivity index (χ1v) is 21.3. The summed E-state index contributed by atoms with van der Waals surface area (Å²) >= 11 is 0. The number of rotatable bonds is 10. The molecule has 0 heterocycles. The molecular weight excluding hydrogens is 737 g/mol. The van der Waals surface area contributed by atoms with E-state index in [4.69, 9.17) is 9.47 Å². The topological polar surface area (TPSA) is 108 Å². The molecule has 306 valence electrons. The molecule has 2 bridgehead atoms. The standard InChI is InChI=1S/C51H56N2O6/c1-47-24-21-37(54)30-49(47)27-28-51(41(31-49)45(55)40-18-12-11-17-39(40)34-13-7-5-8-14-34)43(47)22-25-48(2)44(51)23-26-50(48,57)33-53(46(56)52-36-15-9-6-10-16-36)32-35-19-20-38(58-3)29-42(35)59-4/h5-20,27-29,31,37,43-44,54,57H,21-26,30,32-33H2,1-4H3,(H,52,56)/t37?,43-,44-,47-,48+,49+,50-,51-/m1/s1. The number of hydrogen-bond donors (Lipinski definition) is 3. The molecule has 0 radical (unpaired) electrons. The Bertz CT molecular complexity index is 2330. The first kappa shape index (κ1) is 39.3. The average Bonchev–Trinajstić information content (AvgIpc) is 3.53. The highest BCUT2D eigenvalue weighted by Crippen LogP contribution is 2.78. The van der Waals surface area contributed by atoms with E-state index in [1.807, 2.05) is 91.0 Å². The van der Waals surface area contributed by atoms with E-state index in [9.17, 15) is 15.0 Å². The summed E-state index contributed by atoms with van der Waals surface area (Å²) in [6.07, 6.45) is 11.5. The number of nitrogens with zero attached hydrogens (tertiary/aromatic N) is 1. The lowest BCUT2D eigenvalue weighted by Gasteiger charge is -2.71. The van der Waals surface area contributed by atoms with Crippen LogP contribution in [-0.2, 0) is 6.54 Å². The SMILES string of the molecule is COc1ccc(CN(C[C@]2(O)CC[C@H]3[C@]45C=C[C@@]6(C=C4C(=O)c4ccccc4-c4ccccc4)CC(O)CC[C@]6(C)[C@H]5CC[C@@]32C)C(=O)Nc2ccccc2)c(OC)c1. The molecular formula is C51H56N2O6. The molecule has 6 aliphatic rings. The number of amides is 2. The Morgan fingerprint density at radius 1 is 0.797 bits per heavy atom. The molecule has 3 fully saturated rings. The first-order valence-electron chi connectivity index (χ1n) is 21.3. The number of nitrogens with one attached hydrogen (secondary N) is 1. The van der Waals surface area contributed by atoms with Crippen molar-refractivity contribution in [2.45, 2.75) is 77.0 Å². The van der Waals surface area contributed by atoms with Gasteiger partial charge in [0.15, 0.2) is 5.78 Å². The molecule has 2 amide bonds. The summed E-state index contributed by atoms with van der Waals surface area (Å²) < 4.78 is 11.3. The zero-order valence-electron chi connectivity index (χ0n) is 34.6. The number of urea groups is 1. The van der Waals surface area contributed by atoms with Crippen molar-refractivity contribution >= 4 is 17.5 Å². The number of carbonyl (C=O) groups excluding carboxylic acids is 2. The largest absolute Gasteiger partial charge is 0.497 e. The molecule has 6 aliphatic carbocycles. The minimum absolute atomic E-state index is 0.0236. The minimum atomic E-state index is -1.27. The van der Waals surface area contributed by atoms with E-state index < -0.39 is 27.9 Å². The van der Waals surface area contributed by atoms with Gasteiger partial charge < -0.3 is 29.9 Å². The Balaban J connectivity index is 1.13. The molecule has 8 atom stereocenters. The van der Waals surface area contributed by atoms with Crippen LogP contribution in [0, 0.1) is 33.5 Å². The van der Waals surface area contributed by atoms with Crippen LogP contribution < -0.4 is 14.8 Å². The maximum Gasteiger partial charge on any atom is 0.322 e. The predicted octanol–water partition coefficient (Wildman–Crippen LogP) is 9.88. The molecule has 0 aliphatic heterocycles. The number of fused-ring (bicyclic) bond motifs is 1. The normalized spacial score (nSPS) is 32.6. The van der Waals surface area contributed by atoms with Gasteiger partial charge in [0.05, 0.1) is 39.0 Å². The smallest absolute Gasteiger partial charge is 0.322 e. The molecule has 10 rings (SSSR count). The number of ether oxygens (including phenoxy) is 2. The Morgan fingerprint density at radius 2 is 1.47 bits per heavy atom. The zero-order chi connectivity index (χ0) is 41.2. The Morgan fingerprint density at radius 3 is 2.22 bits per heavy atom. The van der Waals surface area contributed by atoms with Crippen LogP contribution in [-0.4, -0.2) is 59.4 Å². The summed E-state index contributed by atoms with van der Waals surface area (Å²) in [5.74, 6) is 1.33. The van der Waals surface area contributed by atoms with Gasteiger partial charge in [-0.25, -0.2) is 4.79 Å². The zero-order valence-corrected chi connectivity index (χ0v) is 34.6. The van der Waals surface area contributed by atoms with Crippen molar-refractivity contribution < 1.29 is 29.3 Å². The van der Waals surface area contributed by atoms with E-state index in [0.717, 1.165) is 47.9 Å². The van der Waals surface area contributed by atoms with Crippen LogP contribution in [0.5, 0.6) is 11.5 Å². The molecule has 3 N–H and O–H groups in total. The van der Waals surface area contributed by atoms with Crippen molar-refractivity contribution in [3.63, 3.8) is 0 Å². The Hall–Kier alpha value is -5.18. The van der Waals surface area contributed by atoms with Gasteiger partial charge in [-0.15, -0.1) is 0 Å². The second-order valence-corrected chi connectivity index (χ2v) is 18.4. The van der Waals surface area contributed by atoms with Crippen LogP contribution in [0.15, 0.2) is 127 Å². The molecule has 1 unspecified atom stereocenters. The molecule has 4 aromatic carbocycles. The maximum absolute atomic E-state index is 15.6. The number of allylic oxidation sites excluding steroid dienone is 4. The monoisotopic (exact) mass is 792 g/mol. The molecule has 0 aromatic heterocycles. The molecule has 8 nitrogen and oxygen atoms in total. The van der Waals surface area contributed by atoms with E-state index in [0.29, 0.717) is 42.0 Å². The van der Waals surface area contributed by atoms with Crippen LogP contribution in [0.2, 0.25) is 0 Å². The fourth-order valence-corrected chi connectivity index (χ4v) is 12.7. The number of aliphatic hydroxyl groups is 2. The summed E-state index contributed by atoms with van der Waals surface area (Å²) in [6.45, 7) is 4.91. The van der Waals surface area contributed by atoms with Gasteiger partial charge in [0.2, 0.25) is 0 Å². The third kappa shape index (κ3) is 6.00. The van der Waals surface area contributed by atoms with Crippen molar-refractivity contribution in [1.29, 1.82) is 0 Å². The average molecular weight is 793 g/mol. The fraction of sp³-hybridized carbons (Fsp3) is 0.412. The number of benzene rings is 4. The molecule has 8 heteroatoms. The molecule has 4 aromatic rings. The van der Waals surface area contributed by atoms with E-state index in [1.165, 1.54) is 0 Å². The highest BCUT2D eigenvalue weighted by Gasteiger charge is 2.74. The van der Waals surface area contributed by atoms with Crippen LogP contribution in [0.25, 0.3) is 11.1 Å². The molecule has 3 saturated carbocycles. The number of carbonyl (C=O) groups is 2. The van der Waals surface area contributed by atoms with Crippen LogP contribution >= 0.6 is 0 Å². The van der Waals surface area contributed by atoms with Crippen molar-refractivity contribution in [2.24, 2.45) is 33.5 Å². The Labute approximate surface area is 347 Å². The highest BCUT2D eigenvalue weighted by molar-refractivity contribution is 6.14. The third-order valence-corrected chi connectivity index (χ3v) is 15.8. The molecule has 2 spiro atoms. The number of aliphatic hydroxyl groups excluding tert-OH is 1. The van der Waals surface area contributed by atoms with Gasteiger partial charge in [-0.2, -0.15) is 0 Å². The number of Topliss-reactive ketones (excluding diaryl/α,β-unsaturated/α-hetero) is 1. The van der Waals surface area contributed by atoms with Crippen molar-refractivity contribution in [3.05, 3.63) is 138 Å². The lowest BCUT2D eigenvalue weighted by molar-refractivity contribution is -0.174. The summed E-state index contributed by atoms with van der Waals surface area (Å²) in [5.41, 5.74) is 1.64. The number of anilines is 1. The van der Waals surface area contributed by atoms with Gasteiger partial charge in [-0.1, -0.05) is 105 Å². The van der Waals surface area contributed by atoms with Crippen molar-refractivity contribution in [3.8, 4) is 22.6 Å². The second kappa shape index (κ2) is 14.5. The van der Waals surface area contributed by atoms with Crippen LogP contribution in [0.1, 0.15) is 74.7 Å². The highest BCUT2D eigenvalue weighted by atomic mass is 16.5. The summed E-state index contributed by atoms with van der Waals surface area (Å²) in [4.78, 5) is 31.7. The summed E-state index contributed by atoms with van der Waals surface area (Å²) in [5, 5.41) is 27.7. The maximum atomic E-state index is 15.6. The van der Waals surface area contributed by atoms with Gasteiger partial charge in [0.1, 0.15) is 11.5 Å². The predicted molar refractivity (Wildman–Crippen MR) is 230 cm³/mol. The Kier molecular flexibility index (Phi) is 9.67. The fourth-order valence-electron chi connectivity index (χ4n) is 12.7. The third-order valence-electron chi connectivity index (χ3n) is 15.8. The van der Waals surface area contributed by atoms with E-state index in [2.05, 4.69) is 49.5 Å². The summed E-state index contributed by atoms with van der Waals surface area (Å²) in [7, 11) is 3.21. The van der Waals surface area contributed by atoms with Gasteiger partial charge in [0.25, 0.3) is 0 Å². The number of methoxy groups -OCH3 is 2. The van der Waals surface area contributed by atoms with Gasteiger partial charge >= 0.3 is 6.03 Å². The van der Waals surface area contributed by atoms with E-state index >= 15 is 4.79 Å². The number of hydrogen-bond acceptors (Lipinski definition) is 6. The molecule has 59 heavy (non-hydrogen) atoms.